The van der Waals surface area contributed by atoms with Gasteiger partial charge in [-0.2, -0.15) is 0 Å². The predicted octanol–water partition coefficient (Wildman–Crippen LogP) is -0.139. The zero-order valence-electron chi connectivity index (χ0n) is 12.7. The van der Waals surface area contributed by atoms with Crippen LogP contribution in [-0.4, -0.2) is 30.4 Å². The van der Waals surface area contributed by atoms with Crippen LogP contribution in [0, 0.1) is 0 Å². The average Bonchev–Trinajstić information content (AvgIpc) is 2.48. The molecule has 1 rings (SSSR count). The van der Waals surface area contributed by atoms with E-state index in [4.69, 9.17) is 11.5 Å². The van der Waals surface area contributed by atoms with Crippen molar-refractivity contribution in [3.63, 3.8) is 0 Å². The summed E-state index contributed by atoms with van der Waals surface area (Å²) in [6.45, 7) is 2.22. The summed E-state index contributed by atoms with van der Waals surface area (Å²) < 4.78 is 0. The van der Waals surface area contributed by atoms with Crippen molar-refractivity contribution in [1.29, 1.82) is 0 Å². The van der Waals surface area contributed by atoms with Gasteiger partial charge in [-0.3, -0.25) is 14.6 Å². The third-order valence-corrected chi connectivity index (χ3v) is 2.95. The Morgan fingerprint density at radius 2 is 1.91 bits per heavy atom. The number of amides is 2. The van der Waals surface area contributed by atoms with Gasteiger partial charge in [0.15, 0.2) is 5.96 Å². The van der Waals surface area contributed by atoms with Crippen LogP contribution in [0.4, 0.5) is 0 Å². The Morgan fingerprint density at radius 3 is 2.50 bits per heavy atom. The Bertz CT molecular complexity index is 512. The van der Waals surface area contributed by atoms with Gasteiger partial charge in [-0.1, -0.05) is 30.3 Å². The molecule has 0 aliphatic carbocycles. The lowest BCUT2D eigenvalue weighted by atomic mass is 10.1. The first-order valence-electron chi connectivity index (χ1n) is 7.13. The summed E-state index contributed by atoms with van der Waals surface area (Å²) in [5.74, 6) is -0.449. The van der Waals surface area contributed by atoms with E-state index < -0.39 is 6.04 Å². The van der Waals surface area contributed by atoms with E-state index in [0.717, 1.165) is 5.56 Å². The van der Waals surface area contributed by atoms with E-state index in [2.05, 4.69) is 15.6 Å². The molecule has 1 atom stereocenters. The van der Waals surface area contributed by atoms with Crippen LogP contribution in [-0.2, 0) is 16.1 Å². The van der Waals surface area contributed by atoms with Gasteiger partial charge >= 0.3 is 0 Å². The second-order valence-corrected chi connectivity index (χ2v) is 4.91. The minimum Gasteiger partial charge on any atom is -0.370 e. The molecule has 0 aliphatic rings. The monoisotopic (exact) mass is 305 g/mol. The van der Waals surface area contributed by atoms with Crippen molar-refractivity contribution in [3.05, 3.63) is 35.9 Å². The van der Waals surface area contributed by atoms with Gasteiger partial charge in [0.05, 0.1) is 0 Å². The molecule has 2 amide bonds. The molecule has 0 spiro atoms. The van der Waals surface area contributed by atoms with Crippen LogP contribution >= 0.6 is 0 Å². The number of carbonyl (C=O) groups is 2. The van der Waals surface area contributed by atoms with Crippen LogP contribution in [0.15, 0.2) is 35.3 Å². The third kappa shape index (κ3) is 7.28. The predicted molar refractivity (Wildman–Crippen MR) is 85.8 cm³/mol. The molecule has 22 heavy (non-hydrogen) atoms. The molecule has 0 radical (unpaired) electrons. The number of benzene rings is 1. The zero-order valence-corrected chi connectivity index (χ0v) is 12.7. The molecule has 1 unspecified atom stereocenters. The highest BCUT2D eigenvalue weighted by Crippen LogP contribution is 2.01. The maximum absolute atomic E-state index is 12.2. The maximum Gasteiger partial charge on any atom is 0.242 e. The molecule has 7 heteroatoms. The van der Waals surface area contributed by atoms with E-state index >= 15 is 0 Å². The first-order chi connectivity index (χ1) is 10.5. The summed E-state index contributed by atoms with van der Waals surface area (Å²) in [7, 11) is 0. The minimum atomic E-state index is -0.588. The summed E-state index contributed by atoms with van der Waals surface area (Å²) in [4.78, 5) is 27.2. The Hall–Kier alpha value is -2.57. The standard InChI is InChI=1S/C15H23N5O2/c1-11(21)20-13(8-5-9-18-15(16)17)14(22)19-10-12-6-3-2-4-7-12/h2-4,6-7,13H,5,8-10H2,1H3,(H,19,22)(H,20,21)(H4,16,17,18). The number of nitrogens with zero attached hydrogens (tertiary/aromatic N) is 1. The summed E-state index contributed by atoms with van der Waals surface area (Å²) in [6, 6.07) is 8.98. The smallest absolute Gasteiger partial charge is 0.242 e. The molecule has 0 saturated carbocycles. The maximum atomic E-state index is 12.2. The fraction of sp³-hybridized carbons (Fsp3) is 0.400. The SMILES string of the molecule is CC(=O)NC(CCCN=C(N)N)C(=O)NCc1ccccc1. The number of nitrogens with one attached hydrogen (secondary N) is 2. The summed E-state index contributed by atoms with van der Waals surface area (Å²) in [6.07, 6.45) is 1.07. The van der Waals surface area contributed by atoms with Crippen molar-refractivity contribution in [3.8, 4) is 0 Å². The van der Waals surface area contributed by atoms with Crippen molar-refractivity contribution in [1.82, 2.24) is 10.6 Å². The normalized spacial score (nSPS) is 11.3. The number of hydrogen-bond donors (Lipinski definition) is 4. The lowest BCUT2D eigenvalue weighted by molar-refractivity contribution is -0.128. The molecule has 0 aliphatic heterocycles. The van der Waals surface area contributed by atoms with Gasteiger partial charge in [-0.05, 0) is 18.4 Å². The van der Waals surface area contributed by atoms with Crippen molar-refractivity contribution >= 4 is 17.8 Å². The molecule has 0 aromatic heterocycles. The molecule has 0 saturated heterocycles. The molecule has 1 aromatic carbocycles. The van der Waals surface area contributed by atoms with Crippen molar-refractivity contribution in [2.45, 2.75) is 32.4 Å². The molecule has 1 aromatic rings. The number of nitrogens with two attached hydrogens (primary N) is 2. The molecule has 0 heterocycles. The Morgan fingerprint density at radius 1 is 1.23 bits per heavy atom. The number of guanidine groups is 1. The molecule has 7 nitrogen and oxygen atoms in total. The van der Waals surface area contributed by atoms with Crippen LogP contribution in [0.5, 0.6) is 0 Å². The molecule has 0 fully saturated rings. The lowest BCUT2D eigenvalue weighted by Crippen LogP contribution is -2.45. The first kappa shape index (κ1) is 17.5. The topological polar surface area (TPSA) is 123 Å². The quantitative estimate of drug-likeness (QED) is 0.303. The van der Waals surface area contributed by atoms with E-state index in [0.29, 0.717) is 25.9 Å². The highest BCUT2D eigenvalue weighted by Gasteiger charge is 2.18. The highest BCUT2D eigenvalue weighted by molar-refractivity contribution is 5.86. The van der Waals surface area contributed by atoms with Crippen LogP contribution in [0.1, 0.15) is 25.3 Å². The number of hydrogen-bond acceptors (Lipinski definition) is 3. The second kappa shape index (κ2) is 9.38. The van der Waals surface area contributed by atoms with Gasteiger partial charge in [0.2, 0.25) is 11.8 Å². The first-order valence-corrected chi connectivity index (χ1v) is 7.13. The van der Waals surface area contributed by atoms with E-state index in [9.17, 15) is 9.59 Å². The largest absolute Gasteiger partial charge is 0.370 e. The highest BCUT2D eigenvalue weighted by atomic mass is 16.2. The van der Waals surface area contributed by atoms with Crippen LogP contribution in [0.25, 0.3) is 0 Å². The van der Waals surface area contributed by atoms with Crippen molar-refractivity contribution in [2.24, 2.45) is 16.5 Å². The molecule has 0 bridgehead atoms. The Labute approximate surface area is 130 Å². The molecule has 6 N–H and O–H groups in total. The van der Waals surface area contributed by atoms with Crippen LogP contribution < -0.4 is 22.1 Å². The fourth-order valence-electron chi connectivity index (χ4n) is 1.93. The molecule has 120 valence electrons. The van der Waals surface area contributed by atoms with Crippen molar-refractivity contribution < 1.29 is 9.59 Å². The Kier molecular flexibility index (Phi) is 7.45. The van der Waals surface area contributed by atoms with Crippen LogP contribution in [0.3, 0.4) is 0 Å². The van der Waals surface area contributed by atoms with Gasteiger partial charge in [0.25, 0.3) is 0 Å². The van der Waals surface area contributed by atoms with E-state index in [1.165, 1.54) is 6.92 Å². The summed E-state index contributed by atoms with van der Waals surface area (Å²) >= 11 is 0. The van der Waals surface area contributed by atoms with Gasteiger partial charge in [-0.15, -0.1) is 0 Å². The Balaban J connectivity index is 2.48. The third-order valence-electron chi connectivity index (χ3n) is 2.95. The van der Waals surface area contributed by atoms with Gasteiger partial charge in [0, 0.05) is 20.0 Å². The zero-order chi connectivity index (χ0) is 16.4. The summed E-state index contributed by atoms with van der Waals surface area (Å²) in [5, 5.41) is 5.46. The van der Waals surface area contributed by atoms with E-state index in [1.807, 2.05) is 30.3 Å². The van der Waals surface area contributed by atoms with E-state index in [1.54, 1.807) is 0 Å². The van der Waals surface area contributed by atoms with Crippen LogP contribution in [0.2, 0.25) is 0 Å². The molecular formula is C15H23N5O2. The number of rotatable bonds is 8. The number of aliphatic imine (C=N–C) groups is 1. The van der Waals surface area contributed by atoms with Gasteiger partial charge in [-0.25, -0.2) is 0 Å². The average molecular weight is 305 g/mol. The van der Waals surface area contributed by atoms with Gasteiger partial charge < -0.3 is 22.1 Å². The fourth-order valence-corrected chi connectivity index (χ4v) is 1.93. The summed E-state index contributed by atoms with van der Waals surface area (Å²) in [5.41, 5.74) is 11.5. The number of carbonyl (C=O) groups excluding carboxylic acids is 2. The van der Waals surface area contributed by atoms with Crippen molar-refractivity contribution in [2.75, 3.05) is 6.54 Å². The lowest BCUT2D eigenvalue weighted by Gasteiger charge is -2.17. The minimum absolute atomic E-state index is 0.0182. The van der Waals surface area contributed by atoms with E-state index in [-0.39, 0.29) is 17.8 Å². The second-order valence-electron chi connectivity index (χ2n) is 4.91. The molecular weight excluding hydrogens is 282 g/mol. The van der Waals surface area contributed by atoms with Gasteiger partial charge in [0.1, 0.15) is 6.04 Å².